The molecule has 1 fully saturated rings. The molecule has 0 spiro atoms. The maximum atomic E-state index is 12.9. The number of esters is 1. The van der Waals surface area contributed by atoms with E-state index in [1.54, 1.807) is 4.90 Å². The first kappa shape index (κ1) is 19.9. The summed E-state index contributed by atoms with van der Waals surface area (Å²) >= 11 is 0. The zero-order valence-corrected chi connectivity index (χ0v) is 15.0. The van der Waals surface area contributed by atoms with E-state index in [0.29, 0.717) is 38.0 Å². The second-order valence-corrected chi connectivity index (χ2v) is 6.38. The zero-order valence-electron chi connectivity index (χ0n) is 15.0. The van der Waals surface area contributed by atoms with Gasteiger partial charge in [0.25, 0.3) is 11.8 Å². The predicted octanol–water partition coefficient (Wildman–Crippen LogP) is 2.14. The van der Waals surface area contributed by atoms with Gasteiger partial charge in [0.1, 0.15) is 5.82 Å². The average Bonchev–Trinajstić information content (AvgIpc) is 2.66. The minimum absolute atomic E-state index is 0.174. The monoisotopic (exact) mass is 364 g/mol. The number of hydrogen-bond donors (Lipinski definition) is 1. The highest BCUT2D eigenvalue weighted by Crippen LogP contribution is 2.20. The number of benzene rings is 1. The lowest BCUT2D eigenvalue weighted by Crippen LogP contribution is -2.41. The summed E-state index contributed by atoms with van der Waals surface area (Å²) in [6.45, 7) is 3.20. The van der Waals surface area contributed by atoms with E-state index >= 15 is 0 Å². The third-order valence-electron chi connectivity index (χ3n) is 4.40. The van der Waals surface area contributed by atoms with Gasteiger partial charge in [-0.3, -0.25) is 14.4 Å². The van der Waals surface area contributed by atoms with Crippen LogP contribution in [-0.2, 0) is 14.3 Å². The molecule has 0 aliphatic carbocycles. The van der Waals surface area contributed by atoms with Gasteiger partial charge < -0.3 is 15.0 Å². The summed E-state index contributed by atoms with van der Waals surface area (Å²) in [5, 5.41) is 2.69. The number of amides is 2. The molecule has 1 N–H and O–H groups in total. The summed E-state index contributed by atoms with van der Waals surface area (Å²) in [7, 11) is 0. The van der Waals surface area contributed by atoms with Gasteiger partial charge in [-0.1, -0.05) is 13.3 Å². The van der Waals surface area contributed by atoms with Crippen LogP contribution in [0.5, 0.6) is 0 Å². The van der Waals surface area contributed by atoms with Gasteiger partial charge in [-0.25, -0.2) is 4.39 Å². The third-order valence-corrected chi connectivity index (χ3v) is 4.40. The molecule has 0 atom stereocenters. The molecule has 0 aromatic heterocycles. The zero-order chi connectivity index (χ0) is 18.9. The van der Waals surface area contributed by atoms with Crippen LogP contribution in [0, 0.1) is 11.7 Å². The number of nitrogens with one attached hydrogen (secondary N) is 1. The van der Waals surface area contributed by atoms with E-state index in [0.717, 1.165) is 12.8 Å². The number of ether oxygens (including phenoxy) is 1. The van der Waals surface area contributed by atoms with Crippen LogP contribution in [0.4, 0.5) is 4.39 Å². The first-order chi connectivity index (χ1) is 12.5. The third kappa shape index (κ3) is 5.82. The van der Waals surface area contributed by atoms with Gasteiger partial charge in [0, 0.05) is 25.2 Å². The summed E-state index contributed by atoms with van der Waals surface area (Å²) < 4.78 is 18.0. The summed E-state index contributed by atoms with van der Waals surface area (Å²) in [5.41, 5.74) is 0.427. The Morgan fingerprint density at radius 3 is 2.46 bits per heavy atom. The highest BCUT2D eigenvalue weighted by molar-refractivity contribution is 5.94. The molecule has 7 heteroatoms. The number of halogens is 1. The Morgan fingerprint density at radius 2 is 1.85 bits per heavy atom. The highest BCUT2D eigenvalue weighted by Gasteiger charge is 2.29. The van der Waals surface area contributed by atoms with E-state index in [4.69, 9.17) is 4.74 Å². The van der Waals surface area contributed by atoms with E-state index in [1.165, 1.54) is 24.3 Å². The van der Waals surface area contributed by atoms with E-state index in [1.807, 2.05) is 6.92 Å². The molecule has 1 saturated heterocycles. The number of nitrogens with zero attached hydrogens (tertiary/aromatic N) is 1. The highest BCUT2D eigenvalue weighted by atomic mass is 19.1. The smallest absolute Gasteiger partial charge is 0.309 e. The average molecular weight is 364 g/mol. The Bertz CT molecular complexity index is 625. The lowest BCUT2D eigenvalue weighted by molar-refractivity contribution is -0.153. The van der Waals surface area contributed by atoms with Gasteiger partial charge in [0.15, 0.2) is 6.61 Å². The van der Waals surface area contributed by atoms with Crippen molar-refractivity contribution in [2.45, 2.75) is 32.6 Å². The Balaban J connectivity index is 1.73. The SMILES string of the molecule is CCCCNC(=O)COC(=O)C1CCN(C(=O)c2ccc(F)cc2)CC1. The summed E-state index contributed by atoms with van der Waals surface area (Å²) in [4.78, 5) is 37.6. The molecule has 1 aromatic rings. The minimum Gasteiger partial charge on any atom is -0.455 e. The van der Waals surface area contributed by atoms with Crippen LogP contribution < -0.4 is 5.32 Å². The van der Waals surface area contributed by atoms with Crippen LogP contribution in [0.25, 0.3) is 0 Å². The number of carbonyl (C=O) groups excluding carboxylic acids is 3. The van der Waals surface area contributed by atoms with Gasteiger partial charge in [0.05, 0.1) is 5.92 Å². The van der Waals surface area contributed by atoms with E-state index in [-0.39, 0.29) is 30.2 Å². The molecule has 6 nitrogen and oxygen atoms in total. The molecular weight excluding hydrogens is 339 g/mol. The van der Waals surface area contributed by atoms with Crippen LogP contribution in [0.1, 0.15) is 43.0 Å². The van der Waals surface area contributed by atoms with Crippen LogP contribution in [0.2, 0.25) is 0 Å². The quantitative estimate of drug-likeness (QED) is 0.594. The van der Waals surface area contributed by atoms with Crippen molar-refractivity contribution in [1.82, 2.24) is 10.2 Å². The molecule has 0 radical (unpaired) electrons. The minimum atomic E-state index is -0.399. The largest absolute Gasteiger partial charge is 0.455 e. The van der Waals surface area contributed by atoms with Crippen LogP contribution in [-0.4, -0.2) is 48.9 Å². The molecular formula is C19H25FN2O4. The molecule has 1 aromatic carbocycles. The molecule has 0 unspecified atom stereocenters. The topological polar surface area (TPSA) is 75.7 Å². The first-order valence-corrected chi connectivity index (χ1v) is 8.99. The number of unbranched alkanes of at least 4 members (excludes halogenated alkanes) is 1. The summed E-state index contributed by atoms with van der Waals surface area (Å²) in [5.74, 6) is -1.56. The van der Waals surface area contributed by atoms with E-state index in [2.05, 4.69) is 5.32 Å². The fourth-order valence-corrected chi connectivity index (χ4v) is 2.80. The van der Waals surface area contributed by atoms with Crippen molar-refractivity contribution < 1.29 is 23.5 Å². The Hall–Kier alpha value is -2.44. The van der Waals surface area contributed by atoms with Gasteiger partial charge in [-0.15, -0.1) is 0 Å². The number of carbonyl (C=O) groups is 3. The fourth-order valence-electron chi connectivity index (χ4n) is 2.80. The first-order valence-electron chi connectivity index (χ1n) is 8.99. The fraction of sp³-hybridized carbons (Fsp3) is 0.526. The molecule has 2 rings (SSSR count). The summed E-state index contributed by atoms with van der Waals surface area (Å²) in [6.07, 6.45) is 2.85. The van der Waals surface area contributed by atoms with Gasteiger partial charge >= 0.3 is 5.97 Å². The second kappa shape index (κ2) is 9.89. The van der Waals surface area contributed by atoms with Crippen molar-refractivity contribution in [3.05, 3.63) is 35.6 Å². The number of likely N-dealkylation sites (tertiary alicyclic amines) is 1. The molecule has 1 heterocycles. The van der Waals surface area contributed by atoms with Crippen LogP contribution >= 0.6 is 0 Å². The van der Waals surface area contributed by atoms with E-state index < -0.39 is 5.97 Å². The molecule has 0 saturated carbocycles. The van der Waals surface area contributed by atoms with Gasteiger partial charge in [-0.05, 0) is 43.5 Å². The number of hydrogen-bond acceptors (Lipinski definition) is 4. The van der Waals surface area contributed by atoms with Crippen molar-refractivity contribution in [3.8, 4) is 0 Å². The second-order valence-electron chi connectivity index (χ2n) is 6.38. The maximum Gasteiger partial charge on any atom is 0.309 e. The summed E-state index contributed by atoms with van der Waals surface area (Å²) in [6, 6.07) is 5.41. The standard InChI is InChI=1S/C19H25FN2O4/c1-2-3-10-21-17(23)13-26-19(25)15-8-11-22(12-9-15)18(24)14-4-6-16(20)7-5-14/h4-7,15H,2-3,8-13H2,1H3,(H,21,23). The molecule has 1 aliphatic rings. The van der Waals surface area contributed by atoms with Crippen molar-refractivity contribution in [3.63, 3.8) is 0 Å². The Morgan fingerprint density at radius 1 is 1.19 bits per heavy atom. The Labute approximate surface area is 152 Å². The number of piperidine rings is 1. The molecule has 1 aliphatic heterocycles. The van der Waals surface area contributed by atoms with Crippen molar-refractivity contribution in [1.29, 1.82) is 0 Å². The van der Waals surface area contributed by atoms with Crippen LogP contribution in [0.15, 0.2) is 24.3 Å². The molecule has 0 bridgehead atoms. The lowest BCUT2D eigenvalue weighted by Gasteiger charge is -2.31. The van der Waals surface area contributed by atoms with Gasteiger partial charge in [-0.2, -0.15) is 0 Å². The Kier molecular flexibility index (Phi) is 7.56. The van der Waals surface area contributed by atoms with Crippen LogP contribution in [0.3, 0.4) is 0 Å². The van der Waals surface area contributed by atoms with Crippen molar-refractivity contribution in [2.24, 2.45) is 5.92 Å². The van der Waals surface area contributed by atoms with Crippen molar-refractivity contribution in [2.75, 3.05) is 26.2 Å². The molecule has 26 heavy (non-hydrogen) atoms. The van der Waals surface area contributed by atoms with E-state index in [9.17, 15) is 18.8 Å². The lowest BCUT2D eigenvalue weighted by atomic mass is 9.96. The molecule has 142 valence electrons. The predicted molar refractivity (Wildman–Crippen MR) is 93.9 cm³/mol. The number of rotatable bonds is 7. The van der Waals surface area contributed by atoms with Crippen molar-refractivity contribution >= 4 is 17.8 Å². The normalized spacial score (nSPS) is 14.8. The van der Waals surface area contributed by atoms with Gasteiger partial charge in [0.2, 0.25) is 0 Å². The maximum absolute atomic E-state index is 12.9. The molecule has 2 amide bonds.